The van der Waals surface area contributed by atoms with Gasteiger partial charge in [-0.15, -0.1) is 11.3 Å². The van der Waals surface area contributed by atoms with Gasteiger partial charge >= 0.3 is 5.97 Å². The van der Waals surface area contributed by atoms with E-state index in [-0.39, 0.29) is 18.4 Å². The molecule has 0 atom stereocenters. The molecule has 9 nitrogen and oxygen atoms in total. The number of rotatable bonds is 7. The van der Waals surface area contributed by atoms with Crippen molar-refractivity contribution in [3.8, 4) is 0 Å². The monoisotopic (exact) mass is 407 g/mol. The number of likely N-dealkylation sites (N-methyl/N-ethyl adjacent to an activating group) is 1. The first-order chi connectivity index (χ1) is 13.5. The summed E-state index contributed by atoms with van der Waals surface area (Å²) in [5, 5.41) is 6.42. The quantitative estimate of drug-likeness (QED) is 0.659. The lowest BCUT2D eigenvalue weighted by molar-refractivity contribution is -0.118. The van der Waals surface area contributed by atoms with Crippen LogP contribution in [0.4, 0.5) is 5.82 Å². The average Bonchev–Trinajstić information content (AvgIpc) is 3.03. The molecule has 0 radical (unpaired) electrons. The molecule has 0 bridgehead atoms. The van der Waals surface area contributed by atoms with Gasteiger partial charge < -0.3 is 20.1 Å². The van der Waals surface area contributed by atoms with Crippen LogP contribution in [0.15, 0.2) is 0 Å². The fourth-order valence-corrected chi connectivity index (χ4v) is 4.08. The molecule has 0 saturated carbocycles. The molecule has 1 fully saturated rings. The number of aryl methyl sites for hydroxylation is 1. The minimum absolute atomic E-state index is 0.0869. The minimum Gasteiger partial charge on any atom is -0.462 e. The molecular weight excluding hydrogens is 382 g/mol. The number of amides is 1. The van der Waals surface area contributed by atoms with E-state index in [1.807, 2.05) is 6.92 Å². The number of aromatic nitrogens is 2. The molecule has 1 aliphatic heterocycles. The van der Waals surface area contributed by atoms with Gasteiger partial charge in [0.05, 0.1) is 38.3 Å². The lowest BCUT2D eigenvalue weighted by atomic mass is 10.2. The molecule has 3 heterocycles. The van der Waals surface area contributed by atoms with Crippen LogP contribution in [-0.4, -0.2) is 73.2 Å². The molecule has 10 heteroatoms. The van der Waals surface area contributed by atoms with E-state index in [1.165, 1.54) is 11.3 Å². The van der Waals surface area contributed by atoms with Crippen molar-refractivity contribution < 1.29 is 19.1 Å². The van der Waals surface area contributed by atoms with E-state index < -0.39 is 0 Å². The summed E-state index contributed by atoms with van der Waals surface area (Å²) < 4.78 is 10.6. The lowest BCUT2D eigenvalue weighted by Crippen LogP contribution is -2.36. The summed E-state index contributed by atoms with van der Waals surface area (Å²) in [7, 11) is 1.58. The number of hydrogen-bond donors (Lipinski definition) is 2. The van der Waals surface area contributed by atoms with Crippen molar-refractivity contribution >= 4 is 39.2 Å². The first-order valence-electron chi connectivity index (χ1n) is 9.25. The number of morpholine rings is 1. The van der Waals surface area contributed by atoms with E-state index in [4.69, 9.17) is 9.47 Å². The summed E-state index contributed by atoms with van der Waals surface area (Å²) in [4.78, 5) is 36.8. The highest BCUT2D eigenvalue weighted by molar-refractivity contribution is 7.20. The minimum atomic E-state index is -0.366. The summed E-state index contributed by atoms with van der Waals surface area (Å²) in [6.45, 7) is 7.62. The molecular formula is C18H25N5O4S. The van der Waals surface area contributed by atoms with Gasteiger partial charge in [0.1, 0.15) is 21.3 Å². The first kappa shape index (κ1) is 20.4. The van der Waals surface area contributed by atoms with Crippen LogP contribution in [-0.2, 0) is 20.8 Å². The molecule has 0 unspecified atom stereocenters. The van der Waals surface area contributed by atoms with Gasteiger partial charge in [-0.3, -0.25) is 9.69 Å². The fraction of sp³-hybridized carbons (Fsp3) is 0.556. The third kappa shape index (κ3) is 4.57. The molecule has 0 aliphatic carbocycles. The van der Waals surface area contributed by atoms with Crippen LogP contribution in [0, 0.1) is 6.92 Å². The number of anilines is 1. The zero-order valence-electron chi connectivity index (χ0n) is 16.3. The highest BCUT2D eigenvalue weighted by atomic mass is 32.1. The maximum absolute atomic E-state index is 12.3. The number of nitrogens with zero attached hydrogens (tertiary/aromatic N) is 3. The predicted molar refractivity (Wildman–Crippen MR) is 107 cm³/mol. The van der Waals surface area contributed by atoms with E-state index in [9.17, 15) is 9.59 Å². The predicted octanol–water partition coefficient (Wildman–Crippen LogP) is 1.17. The largest absolute Gasteiger partial charge is 0.462 e. The van der Waals surface area contributed by atoms with Crippen LogP contribution >= 0.6 is 11.3 Å². The topological polar surface area (TPSA) is 106 Å². The van der Waals surface area contributed by atoms with Crippen molar-refractivity contribution in [3.05, 3.63) is 16.3 Å². The number of hydrogen-bond acceptors (Lipinski definition) is 9. The highest BCUT2D eigenvalue weighted by Crippen LogP contribution is 2.34. The van der Waals surface area contributed by atoms with Crippen molar-refractivity contribution in [3.63, 3.8) is 0 Å². The summed E-state index contributed by atoms with van der Waals surface area (Å²) in [6.07, 6.45) is 0. The number of esters is 1. The Morgan fingerprint density at radius 2 is 2.04 bits per heavy atom. The van der Waals surface area contributed by atoms with Gasteiger partial charge in [0.15, 0.2) is 0 Å². The third-order valence-corrected chi connectivity index (χ3v) is 5.63. The van der Waals surface area contributed by atoms with Gasteiger partial charge in [-0.2, -0.15) is 0 Å². The molecule has 3 rings (SSSR count). The number of thiophene rings is 1. The number of carbonyl (C=O) groups excluding carboxylic acids is 2. The van der Waals surface area contributed by atoms with Gasteiger partial charge in [0.25, 0.3) is 0 Å². The molecule has 2 aromatic heterocycles. The second kappa shape index (κ2) is 9.26. The zero-order valence-corrected chi connectivity index (χ0v) is 17.1. The number of fused-ring (bicyclic) bond motifs is 1. The second-order valence-electron chi connectivity index (χ2n) is 6.36. The Labute approximate surface area is 167 Å². The van der Waals surface area contributed by atoms with Crippen molar-refractivity contribution in [2.75, 3.05) is 51.8 Å². The van der Waals surface area contributed by atoms with Gasteiger partial charge in [-0.25, -0.2) is 14.8 Å². The van der Waals surface area contributed by atoms with E-state index in [1.54, 1.807) is 14.0 Å². The number of ether oxygens (including phenoxy) is 2. The first-order valence-corrected chi connectivity index (χ1v) is 10.1. The van der Waals surface area contributed by atoms with Crippen LogP contribution in [0.1, 0.15) is 28.0 Å². The molecule has 1 aliphatic rings. The van der Waals surface area contributed by atoms with E-state index >= 15 is 0 Å². The fourth-order valence-electron chi connectivity index (χ4n) is 2.98. The van der Waals surface area contributed by atoms with E-state index in [2.05, 4.69) is 25.5 Å². The molecule has 1 amide bonds. The SMILES string of the molecule is CCOC(=O)c1sc2nc(CN3CCOCC3)nc(NCC(=O)NC)c2c1C. The molecule has 0 spiro atoms. The Morgan fingerprint density at radius 3 is 2.71 bits per heavy atom. The van der Waals surface area contributed by atoms with Gasteiger partial charge in [-0.1, -0.05) is 0 Å². The summed E-state index contributed by atoms with van der Waals surface area (Å²) in [5.74, 6) is 0.682. The van der Waals surface area contributed by atoms with Gasteiger partial charge in [0.2, 0.25) is 5.91 Å². The smallest absolute Gasteiger partial charge is 0.348 e. The van der Waals surface area contributed by atoms with Crippen molar-refractivity contribution in [1.82, 2.24) is 20.2 Å². The Morgan fingerprint density at radius 1 is 1.29 bits per heavy atom. The van der Waals surface area contributed by atoms with Crippen molar-refractivity contribution in [2.45, 2.75) is 20.4 Å². The standard InChI is InChI=1S/C18H25N5O4S/c1-4-27-18(25)15-11(2)14-16(20-9-13(24)19-3)21-12(22-17(14)28-15)10-23-5-7-26-8-6-23/h4-10H2,1-3H3,(H,19,24)(H,20,21,22). The second-order valence-corrected chi connectivity index (χ2v) is 7.36. The Bertz CT molecular complexity index is 863. The highest BCUT2D eigenvalue weighted by Gasteiger charge is 2.22. The molecule has 152 valence electrons. The Hall–Kier alpha value is -2.30. The van der Waals surface area contributed by atoms with Crippen molar-refractivity contribution in [2.24, 2.45) is 0 Å². The van der Waals surface area contributed by atoms with Crippen LogP contribution in [0.25, 0.3) is 10.2 Å². The number of carbonyl (C=O) groups is 2. The zero-order chi connectivity index (χ0) is 20.1. The molecule has 2 N–H and O–H groups in total. The van der Waals surface area contributed by atoms with Crippen LogP contribution in [0.5, 0.6) is 0 Å². The molecule has 2 aromatic rings. The van der Waals surface area contributed by atoms with Crippen molar-refractivity contribution in [1.29, 1.82) is 0 Å². The van der Waals surface area contributed by atoms with Crippen LogP contribution < -0.4 is 10.6 Å². The Kier molecular flexibility index (Phi) is 6.76. The van der Waals surface area contributed by atoms with E-state index in [0.29, 0.717) is 47.7 Å². The molecule has 28 heavy (non-hydrogen) atoms. The lowest BCUT2D eigenvalue weighted by Gasteiger charge is -2.25. The normalized spacial score (nSPS) is 14.8. The van der Waals surface area contributed by atoms with Gasteiger partial charge in [-0.05, 0) is 19.4 Å². The molecule has 1 saturated heterocycles. The van der Waals surface area contributed by atoms with Crippen LogP contribution in [0.2, 0.25) is 0 Å². The van der Waals surface area contributed by atoms with Crippen LogP contribution in [0.3, 0.4) is 0 Å². The summed E-state index contributed by atoms with van der Waals surface area (Å²) in [5.41, 5.74) is 0.760. The molecule has 0 aromatic carbocycles. The summed E-state index contributed by atoms with van der Waals surface area (Å²) >= 11 is 1.29. The third-order valence-electron chi connectivity index (χ3n) is 4.46. The number of nitrogens with one attached hydrogen (secondary N) is 2. The summed E-state index contributed by atoms with van der Waals surface area (Å²) in [6, 6.07) is 0. The average molecular weight is 407 g/mol. The Balaban J connectivity index is 1.97. The maximum atomic E-state index is 12.3. The maximum Gasteiger partial charge on any atom is 0.348 e. The van der Waals surface area contributed by atoms with E-state index in [0.717, 1.165) is 24.0 Å². The van der Waals surface area contributed by atoms with Gasteiger partial charge in [0, 0.05) is 20.1 Å².